The molecule has 6 nitrogen and oxygen atoms in total. The number of nitrogens with zero attached hydrogens (tertiary/aromatic N) is 2. The number of amides is 1. The van der Waals surface area contributed by atoms with E-state index in [-0.39, 0.29) is 11.6 Å². The summed E-state index contributed by atoms with van der Waals surface area (Å²) in [6, 6.07) is 4.37. The number of rotatable bonds is 4. The van der Waals surface area contributed by atoms with E-state index in [0.717, 1.165) is 0 Å². The first-order valence-corrected chi connectivity index (χ1v) is 6.25. The molecule has 7 heteroatoms. The van der Waals surface area contributed by atoms with Crippen molar-refractivity contribution < 1.29 is 14.7 Å². The summed E-state index contributed by atoms with van der Waals surface area (Å²) in [5.74, 6) is -1.51. The lowest BCUT2D eigenvalue weighted by molar-refractivity contribution is 0.0690. The highest BCUT2D eigenvalue weighted by Gasteiger charge is 2.13. The number of carboxylic acid groups (broad SMARTS) is 1. The van der Waals surface area contributed by atoms with Gasteiger partial charge in [0.2, 0.25) is 0 Å². The number of aromatic carboxylic acids is 1. The van der Waals surface area contributed by atoms with Gasteiger partial charge in [-0.05, 0) is 25.1 Å². The first-order valence-electron chi connectivity index (χ1n) is 5.87. The number of nitrogens with one attached hydrogen (secondary N) is 1. The largest absolute Gasteiger partial charge is 0.477 e. The highest BCUT2D eigenvalue weighted by Crippen LogP contribution is 2.16. The van der Waals surface area contributed by atoms with Crippen LogP contribution in [0, 0.1) is 0 Å². The molecule has 0 bridgehead atoms. The number of aromatic nitrogens is 2. The summed E-state index contributed by atoms with van der Waals surface area (Å²) < 4.78 is 1.71. The molecule has 0 aromatic carbocycles. The van der Waals surface area contributed by atoms with Crippen LogP contribution >= 0.6 is 11.6 Å². The minimum atomic E-state index is -1.15. The molecule has 0 saturated heterocycles. The monoisotopic (exact) mass is 293 g/mol. The Hall–Kier alpha value is -2.34. The van der Waals surface area contributed by atoms with Crippen LogP contribution in [-0.4, -0.2) is 26.5 Å². The topological polar surface area (TPSA) is 84.2 Å². The van der Waals surface area contributed by atoms with E-state index in [0.29, 0.717) is 22.9 Å². The average molecular weight is 294 g/mol. The average Bonchev–Trinajstić information content (AvgIpc) is 2.80. The molecular weight excluding hydrogens is 282 g/mol. The van der Waals surface area contributed by atoms with Crippen LogP contribution in [-0.2, 0) is 6.54 Å². The van der Waals surface area contributed by atoms with Crippen molar-refractivity contribution in [3.05, 3.63) is 47.0 Å². The number of carbonyl (C=O) groups is 2. The Labute approximate surface area is 120 Å². The lowest BCUT2D eigenvalue weighted by Crippen LogP contribution is -2.16. The highest BCUT2D eigenvalue weighted by molar-refractivity contribution is 6.31. The van der Waals surface area contributed by atoms with Crippen molar-refractivity contribution in [3.63, 3.8) is 0 Å². The Morgan fingerprint density at radius 3 is 2.85 bits per heavy atom. The third-order valence-corrected chi connectivity index (χ3v) is 2.88. The van der Waals surface area contributed by atoms with Crippen LogP contribution in [0.3, 0.4) is 0 Å². The minimum absolute atomic E-state index is 0.133. The molecule has 2 aromatic heterocycles. The van der Waals surface area contributed by atoms with Gasteiger partial charge < -0.3 is 15.0 Å². The molecule has 104 valence electrons. The van der Waals surface area contributed by atoms with Crippen molar-refractivity contribution in [1.82, 2.24) is 9.55 Å². The summed E-state index contributed by atoms with van der Waals surface area (Å²) in [6.45, 7) is 2.49. The van der Waals surface area contributed by atoms with Gasteiger partial charge in [-0.25, -0.2) is 9.78 Å². The zero-order valence-corrected chi connectivity index (χ0v) is 11.4. The number of hydrogen-bond acceptors (Lipinski definition) is 3. The molecule has 2 rings (SSSR count). The van der Waals surface area contributed by atoms with Crippen LogP contribution < -0.4 is 5.32 Å². The molecule has 0 unspecified atom stereocenters. The lowest BCUT2D eigenvalue weighted by Gasteiger charge is -2.07. The number of pyridine rings is 1. The van der Waals surface area contributed by atoms with Gasteiger partial charge in [-0.15, -0.1) is 0 Å². The summed E-state index contributed by atoms with van der Waals surface area (Å²) in [5.41, 5.74) is 0.639. The Morgan fingerprint density at radius 1 is 1.45 bits per heavy atom. The van der Waals surface area contributed by atoms with Crippen molar-refractivity contribution in [2.24, 2.45) is 0 Å². The van der Waals surface area contributed by atoms with Crippen LogP contribution in [0.2, 0.25) is 5.02 Å². The molecule has 0 saturated carbocycles. The summed E-state index contributed by atoms with van der Waals surface area (Å²) >= 11 is 5.87. The first kappa shape index (κ1) is 14.1. The molecule has 0 radical (unpaired) electrons. The maximum absolute atomic E-state index is 12.1. The highest BCUT2D eigenvalue weighted by atomic mass is 35.5. The third kappa shape index (κ3) is 2.97. The molecule has 0 aliphatic rings. The Bertz CT molecular complexity index is 667. The van der Waals surface area contributed by atoms with Crippen molar-refractivity contribution >= 4 is 29.2 Å². The van der Waals surface area contributed by atoms with Gasteiger partial charge >= 0.3 is 5.97 Å². The van der Waals surface area contributed by atoms with E-state index in [1.54, 1.807) is 16.8 Å². The molecule has 2 N–H and O–H groups in total. The zero-order valence-electron chi connectivity index (χ0n) is 10.6. The molecule has 1 amide bonds. The maximum atomic E-state index is 12.1. The van der Waals surface area contributed by atoms with E-state index in [2.05, 4.69) is 10.3 Å². The third-order valence-electron chi connectivity index (χ3n) is 2.67. The fourth-order valence-corrected chi connectivity index (χ4v) is 1.97. The standard InChI is InChI=1S/C13H12ClN3O3/c1-2-17-7-8(14)5-11(17)12(18)16-9-3-4-15-10(6-9)13(19)20/h3-7H,2H2,1H3,(H,19,20)(H,15,16,18). The summed E-state index contributed by atoms with van der Waals surface area (Å²) in [5, 5.41) is 11.9. The maximum Gasteiger partial charge on any atom is 0.354 e. The van der Waals surface area contributed by atoms with Crippen LogP contribution in [0.1, 0.15) is 27.9 Å². The fourth-order valence-electron chi connectivity index (χ4n) is 1.75. The quantitative estimate of drug-likeness (QED) is 0.907. The van der Waals surface area contributed by atoms with Crippen molar-refractivity contribution in [3.8, 4) is 0 Å². The van der Waals surface area contributed by atoms with Gasteiger partial charge in [0, 0.05) is 24.6 Å². The Balaban J connectivity index is 2.23. The molecule has 0 atom stereocenters. The van der Waals surface area contributed by atoms with Gasteiger partial charge in [0.15, 0.2) is 0 Å². The number of carboxylic acids is 1. The zero-order chi connectivity index (χ0) is 14.7. The van der Waals surface area contributed by atoms with E-state index < -0.39 is 5.97 Å². The van der Waals surface area contributed by atoms with Crippen molar-refractivity contribution in [2.45, 2.75) is 13.5 Å². The molecule has 0 aliphatic heterocycles. The molecular formula is C13H12ClN3O3. The van der Waals surface area contributed by atoms with Gasteiger partial charge in [0.1, 0.15) is 11.4 Å². The summed E-state index contributed by atoms with van der Waals surface area (Å²) in [6.07, 6.45) is 2.98. The molecule has 2 aromatic rings. The van der Waals surface area contributed by atoms with E-state index in [4.69, 9.17) is 16.7 Å². The number of carbonyl (C=O) groups excluding carboxylic acids is 1. The second-order valence-electron chi connectivity index (χ2n) is 4.02. The Kier molecular flexibility index (Phi) is 4.05. The van der Waals surface area contributed by atoms with E-state index >= 15 is 0 Å². The summed E-state index contributed by atoms with van der Waals surface area (Å²) in [7, 11) is 0. The van der Waals surface area contributed by atoms with Crippen molar-refractivity contribution in [2.75, 3.05) is 5.32 Å². The van der Waals surface area contributed by atoms with Gasteiger partial charge in [0.05, 0.1) is 5.02 Å². The fraction of sp³-hybridized carbons (Fsp3) is 0.154. The Morgan fingerprint density at radius 2 is 2.20 bits per heavy atom. The van der Waals surface area contributed by atoms with Crippen LogP contribution in [0.5, 0.6) is 0 Å². The predicted octanol–water partition coefficient (Wildman–Crippen LogP) is 2.51. The predicted molar refractivity (Wildman–Crippen MR) is 74.3 cm³/mol. The van der Waals surface area contributed by atoms with Gasteiger partial charge in [-0.3, -0.25) is 4.79 Å². The van der Waals surface area contributed by atoms with E-state index in [1.807, 2.05) is 6.92 Å². The second-order valence-corrected chi connectivity index (χ2v) is 4.46. The van der Waals surface area contributed by atoms with E-state index in [9.17, 15) is 9.59 Å². The van der Waals surface area contributed by atoms with Crippen LogP contribution in [0.15, 0.2) is 30.6 Å². The summed E-state index contributed by atoms with van der Waals surface area (Å²) in [4.78, 5) is 26.6. The SMILES string of the molecule is CCn1cc(Cl)cc1C(=O)Nc1ccnc(C(=O)O)c1. The molecule has 0 spiro atoms. The smallest absolute Gasteiger partial charge is 0.354 e. The number of halogens is 1. The first-order chi connectivity index (χ1) is 9.51. The van der Waals surface area contributed by atoms with Gasteiger partial charge in [-0.2, -0.15) is 0 Å². The number of anilines is 1. The van der Waals surface area contributed by atoms with Crippen LogP contribution in [0.4, 0.5) is 5.69 Å². The van der Waals surface area contributed by atoms with Crippen LogP contribution in [0.25, 0.3) is 0 Å². The van der Waals surface area contributed by atoms with Crippen molar-refractivity contribution in [1.29, 1.82) is 0 Å². The number of aryl methyl sites for hydroxylation is 1. The van der Waals surface area contributed by atoms with Gasteiger partial charge in [-0.1, -0.05) is 11.6 Å². The molecule has 0 fully saturated rings. The minimum Gasteiger partial charge on any atom is -0.477 e. The molecule has 2 heterocycles. The normalized spacial score (nSPS) is 10.3. The molecule has 0 aliphatic carbocycles. The number of hydrogen-bond donors (Lipinski definition) is 2. The van der Waals surface area contributed by atoms with E-state index in [1.165, 1.54) is 18.3 Å². The second kappa shape index (κ2) is 5.75. The lowest BCUT2D eigenvalue weighted by atomic mass is 10.3. The van der Waals surface area contributed by atoms with Gasteiger partial charge in [0.25, 0.3) is 5.91 Å². The molecule has 20 heavy (non-hydrogen) atoms.